The van der Waals surface area contributed by atoms with E-state index < -0.39 is 0 Å². The van der Waals surface area contributed by atoms with E-state index in [1.54, 1.807) is 36.4 Å². The van der Waals surface area contributed by atoms with Gasteiger partial charge in [-0.15, -0.1) is 0 Å². The summed E-state index contributed by atoms with van der Waals surface area (Å²) in [6, 6.07) is 26.4. The minimum absolute atomic E-state index is 0.586. The fraction of sp³-hybridized carbons (Fsp3) is 0. The lowest BCUT2D eigenvalue weighted by Gasteiger charge is -2.13. The van der Waals surface area contributed by atoms with Crippen molar-refractivity contribution in [3.05, 3.63) is 118 Å². The molecule has 0 amide bonds. The van der Waals surface area contributed by atoms with E-state index in [9.17, 15) is 0 Å². The van der Waals surface area contributed by atoms with E-state index in [0.29, 0.717) is 16.8 Å². The molecular formula is C22H12N3+. The lowest BCUT2D eigenvalue weighted by molar-refractivity contribution is 1.22. The smallest absolute Gasteiger partial charge is 0.198 e. The van der Waals surface area contributed by atoms with Crippen LogP contribution in [0.1, 0.15) is 27.8 Å². The monoisotopic (exact) mass is 318 g/mol. The van der Waals surface area contributed by atoms with Gasteiger partial charge in [0.05, 0.1) is 40.3 Å². The Bertz CT molecular complexity index is 857. The molecule has 0 saturated heterocycles. The molecule has 0 aliphatic heterocycles. The third kappa shape index (κ3) is 3.35. The van der Waals surface area contributed by atoms with Crippen molar-refractivity contribution in [1.29, 1.82) is 10.5 Å². The summed E-state index contributed by atoms with van der Waals surface area (Å²) in [6.07, 6.45) is 0. The first-order valence-corrected chi connectivity index (χ1v) is 7.61. The molecule has 0 bridgehead atoms. The molecule has 0 atom stereocenters. The Morgan fingerprint density at radius 2 is 1.00 bits per heavy atom. The highest BCUT2D eigenvalue weighted by Crippen LogP contribution is 2.32. The quantitative estimate of drug-likeness (QED) is 0.504. The molecule has 3 aromatic rings. The van der Waals surface area contributed by atoms with Crippen molar-refractivity contribution in [3.8, 4) is 12.1 Å². The summed E-state index contributed by atoms with van der Waals surface area (Å²) in [6.45, 7) is 7.10. The van der Waals surface area contributed by atoms with Crippen molar-refractivity contribution in [3.63, 3.8) is 0 Å². The van der Waals surface area contributed by atoms with Crippen molar-refractivity contribution in [1.82, 2.24) is 0 Å². The first kappa shape index (κ1) is 15.9. The summed E-state index contributed by atoms with van der Waals surface area (Å²) >= 11 is 0. The number of benzene rings is 3. The third-order valence-electron chi connectivity index (χ3n) is 3.89. The molecule has 0 aliphatic rings. The molecule has 3 rings (SSSR count). The van der Waals surface area contributed by atoms with Crippen molar-refractivity contribution in [2.24, 2.45) is 0 Å². The maximum atomic E-state index is 9.00. The summed E-state index contributed by atoms with van der Waals surface area (Å²) in [5, 5.41) is 18.0. The van der Waals surface area contributed by atoms with E-state index in [0.717, 1.165) is 22.6 Å². The van der Waals surface area contributed by atoms with Crippen LogP contribution in [0.5, 0.6) is 0 Å². The molecule has 0 heterocycles. The van der Waals surface area contributed by atoms with Crippen LogP contribution >= 0.6 is 0 Å². The molecule has 0 aromatic heterocycles. The van der Waals surface area contributed by atoms with Gasteiger partial charge in [-0.05, 0) is 72.8 Å². The molecule has 3 aromatic carbocycles. The maximum Gasteiger partial charge on any atom is 0.198 e. The Morgan fingerprint density at radius 3 is 1.32 bits per heavy atom. The highest BCUT2D eigenvalue weighted by Gasteiger charge is 2.22. The van der Waals surface area contributed by atoms with Crippen LogP contribution < -0.4 is 0 Å². The van der Waals surface area contributed by atoms with Crippen molar-refractivity contribution in [2.45, 2.75) is 0 Å². The van der Waals surface area contributed by atoms with Crippen molar-refractivity contribution < 1.29 is 0 Å². The Labute approximate surface area is 146 Å². The average Bonchev–Trinajstić information content (AvgIpc) is 2.70. The van der Waals surface area contributed by atoms with E-state index in [4.69, 9.17) is 17.1 Å². The first-order chi connectivity index (χ1) is 12.2. The third-order valence-corrected chi connectivity index (χ3v) is 3.89. The topological polar surface area (TPSA) is 51.9 Å². The normalized spacial score (nSPS) is 9.48. The zero-order valence-corrected chi connectivity index (χ0v) is 13.3. The van der Waals surface area contributed by atoms with Crippen LogP contribution in [0.25, 0.3) is 4.85 Å². The second-order valence-corrected chi connectivity index (χ2v) is 5.41. The van der Waals surface area contributed by atoms with Crippen LogP contribution in [-0.2, 0) is 0 Å². The summed E-state index contributed by atoms with van der Waals surface area (Å²) in [5.41, 5.74) is 4.71. The summed E-state index contributed by atoms with van der Waals surface area (Å²) in [7, 11) is 0. The second-order valence-electron chi connectivity index (χ2n) is 5.41. The minimum Gasteiger partial charge on any atom is -0.237 e. The summed E-state index contributed by atoms with van der Waals surface area (Å²) < 4.78 is 0. The lowest BCUT2D eigenvalue weighted by Crippen LogP contribution is -2.04. The number of hydrogen-bond acceptors (Lipinski definition) is 2. The van der Waals surface area contributed by atoms with Gasteiger partial charge < -0.3 is 0 Å². The fourth-order valence-electron chi connectivity index (χ4n) is 2.63. The van der Waals surface area contributed by atoms with Gasteiger partial charge in [-0.2, -0.15) is 10.5 Å². The Kier molecular flexibility index (Phi) is 4.48. The van der Waals surface area contributed by atoms with Gasteiger partial charge in [0.15, 0.2) is 5.69 Å². The van der Waals surface area contributed by atoms with Gasteiger partial charge in [0, 0.05) is 0 Å². The molecule has 0 radical (unpaired) electrons. The number of hydrogen-bond donors (Lipinski definition) is 0. The molecule has 3 nitrogen and oxygen atoms in total. The van der Waals surface area contributed by atoms with E-state index in [1.165, 1.54) is 0 Å². The van der Waals surface area contributed by atoms with E-state index >= 15 is 0 Å². The fourth-order valence-corrected chi connectivity index (χ4v) is 2.63. The molecule has 25 heavy (non-hydrogen) atoms. The molecule has 0 N–H and O–H groups in total. The van der Waals surface area contributed by atoms with Gasteiger partial charge in [0.1, 0.15) is 12.1 Å². The predicted octanol–water partition coefficient (Wildman–Crippen LogP) is 5.00. The van der Waals surface area contributed by atoms with Crippen LogP contribution in [0.2, 0.25) is 0 Å². The Morgan fingerprint density at radius 1 is 0.640 bits per heavy atom. The van der Waals surface area contributed by atoms with Gasteiger partial charge in [0.25, 0.3) is 0 Å². The summed E-state index contributed by atoms with van der Waals surface area (Å²) in [5.74, 6) is 0.991. The largest absolute Gasteiger partial charge is 0.237 e. The Hall–Kier alpha value is -4.00. The minimum atomic E-state index is 0.586. The van der Waals surface area contributed by atoms with Crippen molar-refractivity contribution in [2.75, 3.05) is 0 Å². The first-order valence-electron chi connectivity index (χ1n) is 7.61. The molecule has 0 fully saturated rings. The lowest BCUT2D eigenvalue weighted by atomic mass is 9.84. The highest BCUT2D eigenvalue weighted by molar-refractivity contribution is 5.60. The van der Waals surface area contributed by atoms with Crippen molar-refractivity contribution >= 4 is 5.69 Å². The molecular weight excluding hydrogens is 306 g/mol. The van der Waals surface area contributed by atoms with Gasteiger partial charge in [-0.25, -0.2) is 4.85 Å². The summed E-state index contributed by atoms with van der Waals surface area (Å²) in [4.78, 5) is 3.43. The van der Waals surface area contributed by atoms with E-state index in [1.807, 2.05) is 36.4 Å². The standard InChI is InChI=1S/C22H12N3/c1-25-21-12-10-20(11-13-21)22(18-6-2-16(14-23)3-7-18)19-8-4-17(15-24)5-9-19/h2-13H/q+1. The van der Waals surface area contributed by atoms with Crippen LogP contribution in [-0.4, -0.2) is 0 Å². The maximum absolute atomic E-state index is 9.00. The van der Waals surface area contributed by atoms with E-state index in [-0.39, 0.29) is 0 Å². The number of rotatable bonds is 3. The molecule has 114 valence electrons. The van der Waals surface area contributed by atoms with Crippen LogP contribution in [0.4, 0.5) is 5.69 Å². The van der Waals surface area contributed by atoms with Gasteiger partial charge in [0.2, 0.25) is 0 Å². The zero-order valence-electron chi connectivity index (χ0n) is 13.3. The molecule has 0 unspecified atom stereocenters. The average molecular weight is 318 g/mol. The molecule has 0 saturated carbocycles. The number of nitrogens with zero attached hydrogens (tertiary/aromatic N) is 3. The van der Waals surface area contributed by atoms with Crippen LogP contribution in [0.15, 0.2) is 72.8 Å². The SMILES string of the molecule is [C-]#[N+]c1ccc([C+](c2ccc(C#N)cc2)c2ccc(C#N)cc2)cc1. The van der Waals surface area contributed by atoms with Gasteiger partial charge in [-0.3, -0.25) is 0 Å². The van der Waals surface area contributed by atoms with Gasteiger partial charge >= 0.3 is 0 Å². The van der Waals surface area contributed by atoms with Crippen LogP contribution in [0, 0.1) is 35.2 Å². The zero-order chi connectivity index (χ0) is 17.6. The Balaban J connectivity index is 2.10. The molecule has 0 aliphatic carbocycles. The molecule has 3 heteroatoms. The van der Waals surface area contributed by atoms with Crippen LogP contribution in [0.3, 0.4) is 0 Å². The molecule has 0 spiro atoms. The predicted molar refractivity (Wildman–Crippen MR) is 95.6 cm³/mol. The number of nitriles is 2. The van der Waals surface area contributed by atoms with E-state index in [2.05, 4.69) is 17.0 Å². The second kappa shape index (κ2) is 7.05. The van der Waals surface area contributed by atoms with Gasteiger partial charge in [-0.1, -0.05) is 0 Å². The highest BCUT2D eigenvalue weighted by atomic mass is 14.6.